The van der Waals surface area contributed by atoms with E-state index in [4.69, 9.17) is 11.5 Å². The Kier molecular flexibility index (Phi) is 4.46. The Balaban J connectivity index is 2.39. The number of hydrogen-bond donors (Lipinski definition) is 2. The molecule has 0 saturated carbocycles. The molecule has 21 heavy (non-hydrogen) atoms. The number of hydrogen-bond acceptors (Lipinski definition) is 5. The van der Waals surface area contributed by atoms with E-state index >= 15 is 0 Å². The minimum absolute atomic E-state index is 0.256. The van der Waals surface area contributed by atoms with Crippen LogP contribution in [0.3, 0.4) is 0 Å². The molecular weight excluding hydrogens is 266 g/mol. The molecule has 0 aromatic carbocycles. The van der Waals surface area contributed by atoms with Gasteiger partial charge in [-0.15, -0.1) is 5.10 Å². The van der Waals surface area contributed by atoms with Crippen LogP contribution >= 0.6 is 0 Å². The van der Waals surface area contributed by atoms with E-state index in [9.17, 15) is 4.79 Å². The molecule has 1 unspecified atom stereocenters. The molecule has 1 aliphatic heterocycles. The first-order valence-electron chi connectivity index (χ1n) is 7.59. The van der Waals surface area contributed by atoms with Crippen molar-refractivity contribution < 1.29 is 4.79 Å². The molecule has 1 fully saturated rings. The second-order valence-electron chi connectivity index (χ2n) is 5.94. The van der Waals surface area contributed by atoms with Crippen LogP contribution in [0.15, 0.2) is 0 Å². The van der Waals surface area contributed by atoms with Gasteiger partial charge >= 0.3 is 0 Å². The first kappa shape index (κ1) is 15.7. The number of carbonyl (C=O) groups is 1. The summed E-state index contributed by atoms with van der Waals surface area (Å²) >= 11 is 0. The average Bonchev–Trinajstić information content (AvgIpc) is 2.89. The van der Waals surface area contributed by atoms with Crippen LogP contribution in [0.25, 0.3) is 0 Å². The summed E-state index contributed by atoms with van der Waals surface area (Å²) in [7, 11) is 0. The van der Waals surface area contributed by atoms with Crippen molar-refractivity contribution in [3.05, 3.63) is 16.8 Å². The lowest BCUT2D eigenvalue weighted by molar-refractivity contribution is -0.125. The molecule has 6 nitrogen and oxygen atoms in total. The normalized spacial score (nSPS) is 21.8. The van der Waals surface area contributed by atoms with Crippen molar-refractivity contribution in [2.45, 2.75) is 46.6 Å². The minimum Gasteiger partial charge on any atom is -0.369 e. The van der Waals surface area contributed by atoms with E-state index in [1.807, 2.05) is 6.92 Å². The van der Waals surface area contributed by atoms with E-state index in [0.717, 1.165) is 42.9 Å². The molecule has 0 bridgehead atoms. The van der Waals surface area contributed by atoms with Crippen LogP contribution in [0.4, 0.5) is 5.82 Å². The zero-order valence-electron chi connectivity index (χ0n) is 13.1. The lowest BCUT2D eigenvalue weighted by Gasteiger charge is -2.24. The zero-order chi connectivity index (χ0) is 15.6. The Bertz CT molecular complexity index is 545. The first-order chi connectivity index (χ1) is 9.96. The van der Waals surface area contributed by atoms with Gasteiger partial charge in [0.15, 0.2) is 5.82 Å². The Morgan fingerprint density at radius 3 is 2.48 bits per heavy atom. The maximum absolute atomic E-state index is 11.6. The molecule has 6 heteroatoms. The van der Waals surface area contributed by atoms with E-state index in [1.165, 1.54) is 5.56 Å². The number of aromatic nitrogens is 2. The summed E-state index contributed by atoms with van der Waals surface area (Å²) in [6.07, 6.45) is 2.48. The van der Waals surface area contributed by atoms with E-state index in [1.54, 1.807) is 0 Å². The number of nitrogens with two attached hydrogens (primary N) is 2. The van der Waals surface area contributed by atoms with E-state index in [0.29, 0.717) is 13.1 Å². The molecule has 1 aliphatic rings. The largest absolute Gasteiger partial charge is 0.369 e. The van der Waals surface area contributed by atoms with Crippen molar-refractivity contribution in [1.82, 2.24) is 10.2 Å². The van der Waals surface area contributed by atoms with Gasteiger partial charge in [-0.25, -0.2) is 0 Å². The molecule has 1 saturated heterocycles. The molecule has 2 heterocycles. The Morgan fingerprint density at radius 2 is 2.00 bits per heavy atom. The zero-order valence-corrected chi connectivity index (χ0v) is 13.1. The number of anilines is 1. The van der Waals surface area contributed by atoms with Gasteiger partial charge in [-0.2, -0.15) is 5.10 Å². The fraction of sp³-hybridized carbons (Fsp3) is 0.667. The SMILES string of the molecule is CCc1nnc(N2CCC(C)(C(N)=O)C2)c(CN)c1CC. The summed E-state index contributed by atoms with van der Waals surface area (Å²) in [5.74, 6) is 0.560. The van der Waals surface area contributed by atoms with Crippen LogP contribution in [0.1, 0.15) is 44.0 Å². The summed E-state index contributed by atoms with van der Waals surface area (Å²) in [6.45, 7) is 7.87. The van der Waals surface area contributed by atoms with E-state index in [2.05, 4.69) is 28.9 Å². The number of nitrogens with zero attached hydrogens (tertiary/aromatic N) is 3. The van der Waals surface area contributed by atoms with Gasteiger partial charge in [-0.1, -0.05) is 13.8 Å². The van der Waals surface area contributed by atoms with Crippen LogP contribution in [0.2, 0.25) is 0 Å². The van der Waals surface area contributed by atoms with E-state index in [-0.39, 0.29) is 5.91 Å². The highest BCUT2D eigenvalue weighted by atomic mass is 16.1. The topological polar surface area (TPSA) is 98.1 Å². The third kappa shape index (κ3) is 2.72. The van der Waals surface area contributed by atoms with Crippen molar-refractivity contribution in [3.8, 4) is 0 Å². The van der Waals surface area contributed by atoms with E-state index < -0.39 is 5.41 Å². The molecule has 1 aromatic heterocycles. The molecule has 116 valence electrons. The fourth-order valence-electron chi connectivity index (χ4n) is 3.05. The molecule has 1 atom stereocenters. The highest BCUT2D eigenvalue weighted by molar-refractivity contribution is 5.82. The summed E-state index contributed by atoms with van der Waals surface area (Å²) in [5, 5.41) is 8.73. The monoisotopic (exact) mass is 291 g/mol. The molecule has 1 aromatic rings. The van der Waals surface area contributed by atoms with Gasteiger partial charge in [0.1, 0.15) is 0 Å². The van der Waals surface area contributed by atoms with Crippen molar-refractivity contribution in [1.29, 1.82) is 0 Å². The summed E-state index contributed by atoms with van der Waals surface area (Å²) in [6, 6.07) is 0. The fourth-order valence-corrected chi connectivity index (χ4v) is 3.05. The predicted octanol–water partition coefficient (Wildman–Crippen LogP) is 0.762. The number of primary amides is 1. The molecule has 4 N–H and O–H groups in total. The first-order valence-corrected chi connectivity index (χ1v) is 7.59. The van der Waals surface area contributed by atoms with Crippen LogP contribution in [-0.2, 0) is 24.2 Å². The van der Waals surface area contributed by atoms with Crippen LogP contribution in [-0.4, -0.2) is 29.2 Å². The maximum atomic E-state index is 11.6. The van der Waals surface area contributed by atoms with Crippen molar-refractivity contribution in [2.24, 2.45) is 16.9 Å². The number of rotatable bonds is 5. The molecular formula is C15H25N5O. The third-order valence-corrected chi connectivity index (χ3v) is 4.51. The summed E-state index contributed by atoms with van der Waals surface area (Å²) in [5.41, 5.74) is 14.2. The van der Waals surface area contributed by atoms with Gasteiger partial charge < -0.3 is 16.4 Å². The Morgan fingerprint density at radius 1 is 1.29 bits per heavy atom. The highest BCUT2D eigenvalue weighted by Crippen LogP contribution is 2.34. The number of amides is 1. The molecule has 1 amide bonds. The summed E-state index contributed by atoms with van der Waals surface area (Å²) in [4.78, 5) is 13.7. The van der Waals surface area contributed by atoms with Crippen molar-refractivity contribution in [2.75, 3.05) is 18.0 Å². The smallest absolute Gasteiger partial charge is 0.225 e. The van der Waals surface area contributed by atoms with Crippen LogP contribution in [0, 0.1) is 5.41 Å². The van der Waals surface area contributed by atoms with Crippen molar-refractivity contribution >= 4 is 11.7 Å². The predicted molar refractivity (Wildman–Crippen MR) is 82.8 cm³/mol. The maximum Gasteiger partial charge on any atom is 0.225 e. The van der Waals surface area contributed by atoms with Crippen molar-refractivity contribution in [3.63, 3.8) is 0 Å². The quantitative estimate of drug-likeness (QED) is 0.834. The lowest BCUT2D eigenvalue weighted by atomic mass is 9.89. The van der Waals surface area contributed by atoms with Gasteiger partial charge in [-0.05, 0) is 31.7 Å². The van der Waals surface area contributed by atoms with Gasteiger partial charge in [-0.3, -0.25) is 4.79 Å². The lowest BCUT2D eigenvalue weighted by Crippen LogP contribution is -2.37. The van der Waals surface area contributed by atoms with Gasteiger partial charge in [0, 0.05) is 25.2 Å². The van der Waals surface area contributed by atoms with Gasteiger partial charge in [0.05, 0.1) is 11.1 Å². The second-order valence-corrected chi connectivity index (χ2v) is 5.94. The molecule has 2 rings (SSSR count). The van der Waals surface area contributed by atoms with Gasteiger partial charge in [0.2, 0.25) is 5.91 Å². The van der Waals surface area contributed by atoms with Crippen LogP contribution < -0.4 is 16.4 Å². The minimum atomic E-state index is -0.497. The summed E-state index contributed by atoms with van der Waals surface area (Å²) < 4.78 is 0. The molecule has 0 radical (unpaired) electrons. The average molecular weight is 291 g/mol. The third-order valence-electron chi connectivity index (χ3n) is 4.51. The second kappa shape index (κ2) is 5.97. The molecule has 0 aliphatic carbocycles. The molecule has 0 spiro atoms. The van der Waals surface area contributed by atoms with Crippen LogP contribution in [0.5, 0.6) is 0 Å². The van der Waals surface area contributed by atoms with Gasteiger partial charge in [0.25, 0.3) is 0 Å². The standard InChI is InChI=1S/C15H25N5O/c1-4-10-11(8-16)13(19-18-12(10)5-2)20-7-6-15(3,9-20)14(17)21/h4-9,16H2,1-3H3,(H2,17,21). The highest BCUT2D eigenvalue weighted by Gasteiger charge is 2.40. The number of carbonyl (C=O) groups excluding carboxylic acids is 1. The Hall–Kier alpha value is -1.69. The Labute approximate surface area is 125 Å². The number of aryl methyl sites for hydroxylation is 1.